The van der Waals surface area contributed by atoms with Crippen LogP contribution in [0.25, 0.3) is 5.57 Å². The largest absolute Gasteiger partial charge is 0.294 e. The number of nitrogens with zero attached hydrogens (tertiary/aromatic N) is 1. The van der Waals surface area contributed by atoms with Gasteiger partial charge in [0, 0.05) is 18.2 Å². The number of ketones is 1. The first-order valence-electron chi connectivity index (χ1n) is 3.95. The van der Waals surface area contributed by atoms with E-state index < -0.39 is 0 Å². The molecule has 12 heavy (non-hydrogen) atoms. The predicted octanol–water partition coefficient (Wildman–Crippen LogP) is 2.07. The zero-order valence-corrected chi connectivity index (χ0v) is 6.71. The molecule has 2 nitrogen and oxygen atoms in total. The van der Waals surface area contributed by atoms with E-state index in [0.717, 1.165) is 23.3 Å². The third-order valence-corrected chi connectivity index (χ3v) is 2.10. The molecule has 0 unspecified atom stereocenters. The van der Waals surface area contributed by atoms with Gasteiger partial charge in [-0.05, 0) is 24.1 Å². The molecular formula is C10H9NO. The molecule has 0 N–H and O–H groups in total. The summed E-state index contributed by atoms with van der Waals surface area (Å²) < 4.78 is 0. The van der Waals surface area contributed by atoms with Gasteiger partial charge >= 0.3 is 0 Å². The fourth-order valence-corrected chi connectivity index (χ4v) is 1.43. The average molecular weight is 159 g/mol. The summed E-state index contributed by atoms with van der Waals surface area (Å²) in [6.07, 6.45) is 3.03. The number of rotatable bonds is 0. The maximum absolute atomic E-state index is 11.3. The minimum atomic E-state index is 0.186. The standard InChI is InChI=1S/C10H9NO/c1-7-4-5-9(12)8-3-2-6-11-10(7)8/h2-3,6H,1,4-5H2. The molecule has 0 atom stereocenters. The molecule has 0 fully saturated rings. The minimum absolute atomic E-state index is 0.186. The molecule has 0 saturated heterocycles. The second-order valence-electron chi connectivity index (χ2n) is 2.93. The Morgan fingerprint density at radius 2 is 2.25 bits per heavy atom. The van der Waals surface area contributed by atoms with Gasteiger partial charge in [0.15, 0.2) is 5.78 Å². The van der Waals surface area contributed by atoms with E-state index in [1.165, 1.54) is 0 Å². The number of allylic oxidation sites excluding steroid dienone is 1. The smallest absolute Gasteiger partial charge is 0.165 e. The summed E-state index contributed by atoms with van der Waals surface area (Å²) in [5.41, 5.74) is 2.49. The normalized spacial score (nSPS) is 16.0. The van der Waals surface area contributed by atoms with Gasteiger partial charge in [-0.2, -0.15) is 0 Å². The van der Waals surface area contributed by atoms with Crippen molar-refractivity contribution in [2.45, 2.75) is 12.8 Å². The molecule has 1 aliphatic carbocycles. The van der Waals surface area contributed by atoms with Crippen molar-refractivity contribution in [1.82, 2.24) is 4.98 Å². The number of hydrogen-bond donors (Lipinski definition) is 0. The van der Waals surface area contributed by atoms with Gasteiger partial charge in [0.05, 0.1) is 5.69 Å². The summed E-state index contributed by atoms with van der Waals surface area (Å²) in [4.78, 5) is 15.5. The van der Waals surface area contributed by atoms with Gasteiger partial charge in [0.25, 0.3) is 0 Å². The molecule has 1 aromatic rings. The highest BCUT2D eigenvalue weighted by Gasteiger charge is 2.19. The van der Waals surface area contributed by atoms with Crippen LogP contribution < -0.4 is 0 Å². The summed E-state index contributed by atoms with van der Waals surface area (Å²) in [5, 5.41) is 0. The van der Waals surface area contributed by atoms with E-state index in [4.69, 9.17) is 0 Å². The van der Waals surface area contributed by atoms with E-state index in [-0.39, 0.29) is 5.78 Å². The summed E-state index contributed by atoms with van der Waals surface area (Å²) in [7, 11) is 0. The molecule has 2 heteroatoms. The summed E-state index contributed by atoms with van der Waals surface area (Å²) in [6.45, 7) is 3.88. The summed E-state index contributed by atoms with van der Waals surface area (Å²) >= 11 is 0. The average Bonchev–Trinajstić information content (AvgIpc) is 2.12. The fraction of sp³-hybridized carbons (Fsp3) is 0.200. The van der Waals surface area contributed by atoms with Gasteiger partial charge in [-0.1, -0.05) is 6.58 Å². The highest BCUT2D eigenvalue weighted by molar-refractivity contribution is 6.02. The van der Waals surface area contributed by atoms with E-state index in [1.54, 1.807) is 12.3 Å². The highest BCUT2D eigenvalue weighted by Crippen LogP contribution is 2.26. The zero-order valence-electron chi connectivity index (χ0n) is 6.71. The third kappa shape index (κ3) is 0.961. The zero-order chi connectivity index (χ0) is 8.55. The van der Waals surface area contributed by atoms with Crippen LogP contribution >= 0.6 is 0 Å². The number of Topliss-reactive ketones (excluding diaryl/α,β-unsaturated/α-hetero) is 1. The molecule has 0 amide bonds. The SMILES string of the molecule is C=C1CCC(=O)c2cccnc21. The molecule has 2 rings (SSSR count). The molecule has 1 aliphatic rings. The molecule has 60 valence electrons. The maximum atomic E-state index is 11.3. The summed E-state index contributed by atoms with van der Waals surface area (Å²) in [6, 6.07) is 3.60. The first-order chi connectivity index (χ1) is 5.79. The number of hydrogen-bond acceptors (Lipinski definition) is 2. The number of pyridine rings is 1. The topological polar surface area (TPSA) is 30.0 Å². The number of carbonyl (C=O) groups excluding carboxylic acids is 1. The Morgan fingerprint density at radius 3 is 3.00 bits per heavy atom. The van der Waals surface area contributed by atoms with Gasteiger partial charge in [-0.25, -0.2) is 0 Å². The van der Waals surface area contributed by atoms with E-state index in [0.29, 0.717) is 6.42 Å². The first-order valence-corrected chi connectivity index (χ1v) is 3.95. The second-order valence-corrected chi connectivity index (χ2v) is 2.93. The van der Waals surface area contributed by atoms with Crippen LogP contribution in [0.5, 0.6) is 0 Å². The fourth-order valence-electron chi connectivity index (χ4n) is 1.43. The third-order valence-electron chi connectivity index (χ3n) is 2.10. The molecular weight excluding hydrogens is 150 g/mol. The van der Waals surface area contributed by atoms with Crippen LogP contribution in [0.2, 0.25) is 0 Å². The first kappa shape index (κ1) is 7.22. The Labute approximate surface area is 70.9 Å². The van der Waals surface area contributed by atoms with E-state index >= 15 is 0 Å². The van der Waals surface area contributed by atoms with Crippen LogP contribution in [0.4, 0.5) is 0 Å². The number of carbonyl (C=O) groups is 1. The van der Waals surface area contributed by atoms with Crippen LogP contribution in [0.15, 0.2) is 24.9 Å². The Hall–Kier alpha value is -1.44. The monoisotopic (exact) mass is 159 g/mol. The molecule has 0 spiro atoms. The van der Waals surface area contributed by atoms with Crippen molar-refractivity contribution >= 4 is 11.4 Å². The van der Waals surface area contributed by atoms with Crippen LogP contribution in [0, 0.1) is 0 Å². The molecule has 0 aromatic carbocycles. The Balaban J connectivity index is 2.62. The maximum Gasteiger partial charge on any atom is 0.165 e. The molecule has 0 aliphatic heterocycles. The highest BCUT2D eigenvalue weighted by atomic mass is 16.1. The molecule has 0 bridgehead atoms. The summed E-state index contributed by atoms with van der Waals surface area (Å²) in [5.74, 6) is 0.186. The van der Waals surface area contributed by atoms with Crippen LogP contribution in [-0.4, -0.2) is 10.8 Å². The molecule has 1 heterocycles. The van der Waals surface area contributed by atoms with Crippen molar-refractivity contribution in [3.8, 4) is 0 Å². The van der Waals surface area contributed by atoms with Crippen LogP contribution in [-0.2, 0) is 0 Å². The van der Waals surface area contributed by atoms with Gasteiger partial charge in [-0.15, -0.1) is 0 Å². The quantitative estimate of drug-likeness (QED) is 0.580. The Kier molecular flexibility index (Phi) is 1.54. The van der Waals surface area contributed by atoms with E-state index in [2.05, 4.69) is 11.6 Å². The van der Waals surface area contributed by atoms with Crippen LogP contribution in [0.3, 0.4) is 0 Å². The lowest BCUT2D eigenvalue weighted by Gasteiger charge is -2.14. The van der Waals surface area contributed by atoms with Crippen molar-refractivity contribution in [1.29, 1.82) is 0 Å². The second kappa shape index (κ2) is 2.55. The van der Waals surface area contributed by atoms with Crippen molar-refractivity contribution in [2.24, 2.45) is 0 Å². The van der Waals surface area contributed by atoms with Crippen molar-refractivity contribution in [3.63, 3.8) is 0 Å². The Morgan fingerprint density at radius 1 is 1.42 bits per heavy atom. The minimum Gasteiger partial charge on any atom is -0.294 e. The van der Waals surface area contributed by atoms with Gasteiger partial charge in [-0.3, -0.25) is 9.78 Å². The molecule has 0 saturated carbocycles. The van der Waals surface area contributed by atoms with Crippen molar-refractivity contribution in [3.05, 3.63) is 36.2 Å². The van der Waals surface area contributed by atoms with Gasteiger partial charge in [0.2, 0.25) is 0 Å². The van der Waals surface area contributed by atoms with Crippen molar-refractivity contribution in [2.75, 3.05) is 0 Å². The molecule has 0 radical (unpaired) electrons. The van der Waals surface area contributed by atoms with E-state index in [9.17, 15) is 4.79 Å². The molecule has 1 aromatic heterocycles. The number of aromatic nitrogens is 1. The van der Waals surface area contributed by atoms with Crippen molar-refractivity contribution < 1.29 is 4.79 Å². The van der Waals surface area contributed by atoms with Gasteiger partial charge in [0.1, 0.15) is 0 Å². The lowest BCUT2D eigenvalue weighted by Crippen LogP contribution is -2.10. The predicted molar refractivity (Wildman–Crippen MR) is 46.8 cm³/mol. The van der Waals surface area contributed by atoms with Gasteiger partial charge < -0.3 is 0 Å². The Bertz CT molecular complexity index is 320. The lowest BCUT2D eigenvalue weighted by molar-refractivity contribution is 0.0980. The van der Waals surface area contributed by atoms with Crippen LogP contribution in [0.1, 0.15) is 28.9 Å². The van der Waals surface area contributed by atoms with E-state index in [1.807, 2.05) is 6.07 Å². The number of fused-ring (bicyclic) bond motifs is 1. The lowest BCUT2D eigenvalue weighted by atomic mass is 9.92.